The molecule has 1 aliphatic heterocycles. The molecule has 1 saturated heterocycles. The molecule has 6 nitrogen and oxygen atoms in total. The summed E-state index contributed by atoms with van der Waals surface area (Å²) in [6.45, 7) is 0.769. The standard InChI is InChI=1S/C17H18F3N3O3/c1-25-13-4-2-3-11(9-13)5-6-14(24)23-8-7-12(10-23)15-21-16(26-22-15)17(18,19)20/h2-4,9,12H,5-8,10H2,1H3. The largest absolute Gasteiger partial charge is 0.497 e. The summed E-state index contributed by atoms with van der Waals surface area (Å²) in [5.74, 6) is -1.00. The molecule has 0 spiro atoms. The fraction of sp³-hybridized carbons (Fsp3) is 0.471. The topological polar surface area (TPSA) is 68.5 Å². The first-order valence-electron chi connectivity index (χ1n) is 8.18. The first kappa shape index (κ1) is 18.2. The normalized spacial score (nSPS) is 17.5. The van der Waals surface area contributed by atoms with Gasteiger partial charge in [0.25, 0.3) is 0 Å². The summed E-state index contributed by atoms with van der Waals surface area (Å²) < 4.78 is 47.0. The van der Waals surface area contributed by atoms with Crippen LogP contribution in [-0.4, -0.2) is 41.1 Å². The Balaban J connectivity index is 1.54. The van der Waals surface area contributed by atoms with Crippen molar-refractivity contribution < 1.29 is 27.2 Å². The van der Waals surface area contributed by atoms with Crippen LogP contribution in [0.2, 0.25) is 0 Å². The van der Waals surface area contributed by atoms with Crippen LogP contribution in [-0.2, 0) is 17.4 Å². The van der Waals surface area contributed by atoms with E-state index in [2.05, 4.69) is 14.7 Å². The number of rotatable bonds is 5. The number of likely N-dealkylation sites (tertiary alicyclic amines) is 1. The first-order chi connectivity index (χ1) is 12.4. The van der Waals surface area contributed by atoms with Crippen LogP contribution < -0.4 is 4.74 Å². The molecule has 1 atom stereocenters. The summed E-state index contributed by atoms with van der Waals surface area (Å²) in [6, 6.07) is 7.48. The summed E-state index contributed by atoms with van der Waals surface area (Å²) in [4.78, 5) is 17.4. The van der Waals surface area contributed by atoms with Gasteiger partial charge in [-0.2, -0.15) is 18.2 Å². The third-order valence-electron chi connectivity index (χ3n) is 4.35. The molecule has 3 rings (SSSR count). The van der Waals surface area contributed by atoms with Crippen LogP contribution in [0.5, 0.6) is 5.75 Å². The number of alkyl halides is 3. The summed E-state index contributed by atoms with van der Waals surface area (Å²) in [5.41, 5.74) is 0.987. The minimum Gasteiger partial charge on any atom is -0.497 e. The molecule has 1 aromatic carbocycles. The Morgan fingerprint density at radius 2 is 2.23 bits per heavy atom. The highest BCUT2D eigenvalue weighted by atomic mass is 19.4. The molecule has 2 aromatic rings. The molecule has 140 valence electrons. The molecule has 0 aliphatic carbocycles. The zero-order valence-electron chi connectivity index (χ0n) is 14.1. The number of amides is 1. The van der Waals surface area contributed by atoms with E-state index in [9.17, 15) is 18.0 Å². The first-order valence-corrected chi connectivity index (χ1v) is 8.18. The van der Waals surface area contributed by atoms with E-state index in [0.717, 1.165) is 11.3 Å². The maximum Gasteiger partial charge on any atom is 0.471 e. The number of methoxy groups -OCH3 is 1. The van der Waals surface area contributed by atoms with Crippen LogP contribution in [0.3, 0.4) is 0 Å². The Morgan fingerprint density at radius 3 is 2.92 bits per heavy atom. The Kier molecular flexibility index (Phi) is 5.15. The number of carbonyl (C=O) groups is 1. The van der Waals surface area contributed by atoms with Gasteiger partial charge >= 0.3 is 12.1 Å². The molecule has 2 heterocycles. The third kappa shape index (κ3) is 4.14. The van der Waals surface area contributed by atoms with Crippen LogP contribution in [0, 0.1) is 0 Å². The fourth-order valence-electron chi connectivity index (χ4n) is 2.95. The van der Waals surface area contributed by atoms with E-state index in [1.165, 1.54) is 0 Å². The van der Waals surface area contributed by atoms with Crippen molar-refractivity contribution >= 4 is 5.91 Å². The maximum absolute atomic E-state index is 12.5. The summed E-state index contributed by atoms with van der Waals surface area (Å²) in [6.07, 6.45) is -3.25. The van der Waals surface area contributed by atoms with Gasteiger partial charge in [-0.1, -0.05) is 17.3 Å². The summed E-state index contributed by atoms with van der Waals surface area (Å²) in [5, 5.41) is 3.41. The predicted octanol–water partition coefficient (Wildman–Crippen LogP) is 3.05. The van der Waals surface area contributed by atoms with Gasteiger partial charge in [0.2, 0.25) is 5.91 Å². The number of nitrogens with zero attached hydrogens (tertiary/aromatic N) is 3. The second-order valence-electron chi connectivity index (χ2n) is 6.13. The van der Waals surface area contributed by atoms with Crippen molar-refractivity contribution in [1.29, 1.82) is 0 Å². The lowest BCUT2D eigenvalue weighted by molar-refractivity contribution is -0.159. The number of benzene rings is 1. The average Bonchev–Trinajstić information content (AvgIpc) is 3.28. The third-order valence-corrected chi connectivity index (χ3v) is 4.35. The number of halogens is 3. The molecule has 1 fully saturated rings. The molecule has 1 aliphatic rings. The van der Waals surface area contributed by atoms with Gasteiger partial charge in [0.05, 0.1) is 7.11 Å². The highest BCUT2D eigenvalue weighted by molar-refractivity contribution is 5.76. The van der Waals surface area contributed by atoms with Crippen molar-refractivity contribution in [2.45, 2.75) is 31.4 Å². The van der Waals surface area contributed by atoms with Crippen molar-refractivity contribution in [3.63, 3.8) is 0 Å². The zero-order chi connectivity index (χ0) is 18.7. The minimum absolute atomic E-state index is 0.000390. The van der Waals surface area contributed by atoms with Gasteiger partial charge in [0, 0.05) is 25.4 Å². The smallest absolute Gasteiger partial charge is 0.471 e. The lowest BCUT2D eigenvalue weighted by atomic mass is 10.1. The van der Waals surface area contributed by atoms with E-state index >= 15 is 0 Å². The molecule has 1 aromatic heterocycles. The van der Waals surface area contributed by atoms with Crippen molar-refractivity contribution in [1.82, 2.24) is 15.0 Å². The molecular formula is C17H18F3N3O3. The lowest BCUT2D eigenvalue weighted by Gasteiger charge is -2.16. The molecule has 26 heavy (non-hydrogen) atoms. The minimum atomic E-state index is -4.66. The lowest BCUT2D eigenvalue weighted by Crippen LogP contribution is -2.28. The van der Waals surface area contributed by atoms with Crippen molar-refractivity contribution in [3.05, 3.63) is 41.5 Å². The van der Waals surface area contributed by atoms with Gasteiger partial charge in [-0.15, -0.1) is 0 Å². The molecule has 1 amide bonds. The molecule has 0 bridgehead atoms. The number of aromatic nitrogens is 2. The van der Waals surface area contributed by atoms with Gasteiger partial charge < -0.3 is 14.2 Å². The molecule has 0 radical (unpaired) electrons. The van der Waals surface area contributed by atoms with Gasteiger partial charge in [-0.05, 0) is 30.5 Å². The number of hydrogen-bond acceptors (Lipinski definition) is 5. The van der Waals surface area contributed by atoms with Crippen LogP contribution in [0.1, 0.15) is 36.0 Å². The van der Waals surface area contributed by atoms with E-state index in [1.54, 1.807) is 12.0 Å². The quantitative estimate of drug-likeness (QED) is 0.810. The molecule has 1 unspecified atom stereocenters. The average molecular weight is 369 g/mol. The Hall–Kier alpha value is -2.58. The van der Waals surface area contributed by atoms with Crippen LogP contribution in [0.25, 0.3) is 0 Å². The number of hydrogen-bond donors (Lipinski definition) is 0. The van der Waals surface area contributed by atoms with E-state index in [-0.39, 0.29) is 17.6 Å². The second kappa shape index (κ2) is 7.35. The monoisotopic (exact) mass is 369 g/mol. The number of aryl methyl sites for hydroxylation is 1. The Morgan fingerprint density at radius 1 is 1.42 bits per heavy atom. The zero-order valence-corrected chi connectivity index (χ0v) is 14.1. The SMILES string of the molecule is COc1cccc(CCC(=O)N2CCC(c3noc(C(F)(F)F)n3)C2)c1. The van der Waals surface area contributed by atoms with Gasteiger partial charge in [-0.25, -0.2) is 0 Å². The molecule has 0 saturated carbocycles. The molecule has 0 N–H and O–H groups in total. The summed E-state index contributed by atoms with van der Waals surface area (Å²) >= 11 is 0. The van der Waals surface area contributed by atoms with Crippen molar-refractivity contribution in [3.8, 4) is 5.75 Å². The maximum atomic E-state index is 12.5. The van der Waals surface area contributed by atoms with Gasteiger partial charge in [0.1, 0.15) is 5.75 Å². The second-order valence-corrected chi connectivity index (χ2v) is 6.13. The Labute approximate surface area is 147 Å². The Bertz CT molecular complexity index is 776. The number of ether oxygens (including phenoxy) is 1. The van der Waals surface area contributed by atoms with Crippen LogP contribution >= 0.6 is 0 Å². The highest BCUT2D eigenvalue weighted by Crippen LogP contribution is 2.31. The van der Waals surface area contributed by atoms with Crippen molar-refractivity contribution in [2.24, 2.45) is 0 Å². The number of carbonyl (C=O) groups excluding carboxylic acids is 1. The molecule has 9 heteroatoms. The summed E-state index contributed by atoms with van der Waals surface area (Å²) in [7, 11) is 1.58. The predicted molar refractivity (Wildman–Crippen MR) is 84.6 cm³/mol. The molecular weight excluding hydrogens is 351 g/mol. The van der Waals surface area contributed by atoms with E-state index in [1.807, 2.05) is 24.3 Å². The van der Waals surface area contributed by atoms with Gasteiger partial charge in [0.15, 0.2) is 5.82 Å². The van der Waals surface area contributed by atoms with Crippen LogP contribution in [0.15, 0.2) is 28.8 Å². The van der Waals surface area contributed by atoms with Gasteiger partial charge in [-0.3, -0.25) is 4.79 Å². The fourth-order valence-corrected chi connectivity index (χ4v) is 2.95. The van der Waals surface area contributed by atoms with E-state index in [0.29, 0.717) is 32.4 Å². The van der Waals surface area contributed by atoms with Crippen molar-refractivity contribution in [2.75, 3.05) is 20.2 Å². The van der Waals surface area contributed by atoms with E-state index in [4.69, 9.17) is 4.74 Å². The highest BCUT2D eigenvalue weighted by Gasteiger charge is 2.40. The van der Waals surface area contributed by atoms with E-state index < -0.39 is 12.1 Å². The van der Waals surface area contributed by atoms with Crippen LogP contribution in [0.4, 0.5) is 13.2 Å².